The quantitative estimate of drug-likeness (QED) is 0.616. The van der Waals surface area contributed by atoms with Crippen molar-refractivity contribution in [2.45, 2.75) is 13.8 Å². The van der Waals surface area contributed by atoms with Crippen molar-refractivity contribution in [2.75, 3.05) is 19.5 Å². The summed E-state index contributed by atoms with van der Waals surface area (Å²) in [7, 11) is 3.13. The van der Waals surface area contributed by atoms with Crippen molar-refractivity contribution in [1.29, 1.82) is 0 Å². The van der Waals surface area contributed by atoms with Crippen molar-refractivity contribution < 1.29 is 19.1 Å². The molecule has 0 atom stereocenters. The topological polar surface area (TPSA) is 89.0 Å². The van der Waals surface area contributed by atoms with Gasteiger partial charge in [-0.1, -0.05) is 0 Å². The first-order valence-corrected chi connectivity index (χ1v) is 7.89. The number of methoxy groups -OCH3 is 2. The molecule has 2 aromatic rings. The lowest BCUT2D eigenvalue weighted by atomic mass is 10.1. The van der Waals surface area contributed by atoms with Gasteiger partial charge in [0.1, 0.15) is 11.5 Å². The van der Waals surface area contributed by atoms with Crippen molar-refractivity contribution in [2.24, 2.45) is 5.10 Å². The molecule has 136 valence electrons. The van der Waals surface area contributed by atoms with E-state index < -0.39 is 0 Å². The number of hydrogen-bond donors (Lipinski definition) is 2. The fourth-order valence-electron chi connectivity index (χ4n) is 2.27. The monoisotopic (exact) mass is 355 g/mol. The van der Waals surface area contributed by atoms with E-state index in [-0.39, 0.29) is 11.8 Å². The van der Waals surface area contributed by atoms with Crippen molar-refractivity contribution in [3.05, 3.63) is 53.6 Å². The van der Waals surface area contributed by atoms with Gasteiger partial charge in [0.05, 0.1) is 19.9 Å². The summed E-state index contributed by atoms with van der Waals surface area (Å²) in [6, 6.07) is 11.9. The van der Waals surface area contributed by atoms with Gasteiger partial charge in [0.2, 0.25) is 5.91 Å². The van der Waals surface area contributed by atoms with E-state index in [1.165, 1.54) is 6.92 Å². The molecule has 0 radical (unpaired) electrons. The molecule has 2 amide bonds. The van der Waals surface area contributed by atoms with Crippen LogP contribution in [0.3, 0.4) is 0 Å². The second-order valence-corrected chi connectivity index (χ2v) is 5.46. The summed E-state index contributed by atoms with van der Waals surface area (Å²) < 4.78 is 10.5. The number of anilines is 1. The van der Waals surface area contributed by atoms with Crippen LogP contribution >= 0.6 is 0 Å². The molecule has 0 aliphatic heterocycles. The van der Waals surface area contributed by atoms with Crippen molar-refractivity contribution in [1.82, 2.24) is 5.43 Å². The Labute approximate surface area is 152 Å². The normalized spacial score (nSPS) is 10.8. The Morgan fingerprint density at radius 2 is 1.65 bits per heavy atom. The number of carbonyl (C=O) groups excluding carboxylic acids is 2. The predicted octanol–water partition coefficient (Wildman–Crippen LogP) is 2.82. The minimum atomic E-state index is -0.355. The fourth-order valence-corrected chi connectivity index (χ4v) is 2.27. The highest BCUT2D eigenvalue weighted by Crippen LogP contribution is 2.25. The Balaban J connectivity index is 2.10. The molecule has 0 unspecified atom stereocenters. The molecular formula is C19H21N3O4. The summed E-state index contributed by atoms with van der Waals surface area (Å²) in [6.45, 7) is 3.19. The Bertz CT molecular complexity index is 829. The summed E-state index contributed by atoms with van der Waals surface area (Å²) in [5.41, 5.74) is 4.90. The Kier molecular flexibility index (Phi) is 6.32. The van der Waals surface area contributed by atoms with Crippen LogP contribution in [0.5, 0.6) is 11.5 Å². The van der Waals surface area contributed by atoms with Gasteiger partial charge in [-0.2, -0.15) is 5.10 Å². The van der Waals surface area contributed by atoms with E-state index in [1.54, 1.807) is 57.5 Å². The van der Waals surface area contributed by atoms with Gasteiger partial charge in [-0.05, 0) is 43.3 Å². The summed E-state index contributed by atoms with van der Waals surface area (Å²) in [6.07, 6.45) is 0. The van der Waals surface area contributed by atoms with Gasteiger partial charge in [-0.3, -0.25) is 9.59 Å². The average molecular weight is 355 g/mol. The number of amides is 2. The molecule has 7 heteroatoms. The van der Waals surface area contributed by atoms with Crippen LogP contribution in [-0.4, -0.2) is 31.7 Å². The Hall–Kier alpha value is -3.35. The zero-order valence-electron chi connectivity index (χ0n) is 15.1. The molecule has 2 rings (SSSR count). The lowest BCUT2D eigenvalue weighted by Gasteiger charge is -2.10. The molecule has 0 aliphatic carbocycles. The molecule has 0 fully saturated rings. The number of nitrogens with one attached hydrogen (secondary N) is 2. The molecule has 0 aromatic heterocycles. The maximum absolute atomic E-state index is 12.2. The summed E-state index contributed by atoms with van der Waals surface area (Å²) >= 11 is 0. The lowest BCUT2D eigenvalue weighted by Crippen LogP contribution is -2.19. The van der Waals surface area contributed by atoms with Gasteiger partial charge >= 0.3 is 0 Å². The van der Waals surface area contributed by atoms with Crippen LogP contribution < -0.4 is 20.2 Å². The van der Waals surface area contributed by atoms with Gasteiger partial charge in [0.15, 0.2) is 0 Å². The van der Waals surface area contributed by atoms with Crippen LogP contribution in [-0.2, 0) is 4.79 Å². The van der Waals surface area contributed by atoms with Crippen LogP contribution in [0.15, 0.2) is 47.6 Å². The Morgan fingerprint density at radius 3 is 2.23 bits per heavy atom. The van der Waals surface area contributed by atoms with Crippen molar-refractivity contribution >= 4 is 23.2 Å². The highest BCUT2D eigenvalue weighted by atomic mass is 16.5. The van der Waals surface area contributed by atoms with Crippen LogP contribution in [0.2, 0.25) is 0 Å². The minimum absolute atomic E-state index is 0.170. The van der Waals surface area contributed by atoms with Gasteiger partial charge in [0.25, 0.3) is 5.91 Å². The van der Waals surface area contributed by atoms with Crippen LogP contribution in [0.4, 0.5) is 5.69 Å². The van der Waals surface area contributed by atoms with Gasteiger partial charge in [-0.15, -0.1) is 0 Å². The number of carbonyl (C=O) groups is 2. The smallest absolute Gasteiger partial charge is 0.271 e. The summed E-state index contributed by atoms with van der Waals surface area (Å²) in [5.74, 6) is 0.739. The third kappa shape index (κ3) is 4.83. The molecule has 0 aliphatic rings. The van der Waals surface area contributed by atoms with Gasteiger partial charge < -0.3 is 14.8 Å². The zero-order chi connectivity index (χ0) is 19.1. The number of benzene rings is 2. The fraction of sp³-hybridized carbons (Fsp3) is 0.211. The van der Waals surface area contributed by atoms with E-state index in [1.807, 2.05) is 6.07 Å². The van der Waals surface area contributed by atoms with E-state index in [4.69, 9.17) is 9.47 Å². The number of hydrazone groups is 1. The average Bonchev–Trinajstić information content (AvgIpc) is 2.65. The van der Waals surface area contributed by atoms with Crippen LogP contribution in [0.1, 0.15) is 29.8 Å². The number of ether oxygens (including phenoxy) is 2. The minimum Gasteiger partial charge on any atom is -0.497 e. The summed E-state index contributed by atoms with van der Waals surface area (Å²) in [5, 5.41) is 6.77. The maximum atomic E-state index is 12.2. The first-order chi connectivity index (χ1) is 12.4. The SMILES string of the molecule is COc1ccc(C(C)=NNC(=O)c2ccc(NC(C)=O)cc2)c(OC)c1. The molecule has 2 N–H and O–H groups in total. The number of hydrogen-bond acceptors (Lipinski definition) is 5. The molecule has 0 saturated heterocycles. The van der Waals surface area contributed by atoms with E-state index >= 15 is 0 Å². The van der Waals surface area contributed by atoms with Crippen LogP contribution in [0.25, 0.3) is 0 Å². The predicted molar refractivity (Wildman–Crippen MR) is 100.0 cm³/mol. The lowest BCUT2D eigenvalue weighted by molar-refractivity contribution is -0.114. The highest BCUT2D eigenvalue weighted by Gasteiger charge is 2.10. The third-order valence-corrected chi connectivity index (χ3v) is 3.59. The molecule has 2 aromatic carbocycles. The van der Waals surface area contributed by atoms with E-state index in [9.17, 15) is 9.59 Å². The largest absolute Gasteiger partial charge is 0.497 e. The third-order valence-electron chi connectivity index (χ3n) is 3.59. The maximum Gasteiger partial charge on any atom is 0.271 e. The molecular weight excluding hydrogens is 334 g/mol. The van der Waals surface area contributed by atoms with Crippen molar-refractivity contribution in [3.63, 3.8) is 0 Å². The van der Waals surface area contributed by atoms with Crippen LogP contribution in [0, 0.1) is 0 Å². The second kappa shape index (κ2) is 8.66. The van der Waals surface area contributed by atoms with Gasteiger partial charge in [-0.25, -0.2) is 5.43 Å². The number of rotatable bonds is 6. The molecule has 0 saturated carbocycles. The first-order valence-electron chi connectivity index (χ1n) is 7.89. The van der Waals surface area contributed by atoms with E-state index in [0.717, 1.165) is 5.56 Å². The molecule has 0 heterocycles. The van der Waals surface area contributed by atoms with E-state index in [0.29, 0.717) is 28.5 Å². The molecule has 0 spiro atoms. The standard InChI is InChI=1S/C19H21N3O4/c1-12(17-10-9-16(25-3)11-18(17)26-4)21-22-19(24)14-5-7-15(8-6-14)20-13(2)23/h5-11H,1-4H3,(H,20,23)(H,22,24). The van der Waals surface area contributed by atoms with Gasteiger partial charge in [0, 0.05) is 29.8 Å². The summed E-state index contributed by atoms with van der Waals surface area (Å²) in [4.78, 5) is 23.2. The highest BCUT2D eigenvalue weighted by molar-refractivity contribution is 6.03. The number of nitrogens with zero attached hydrogens (tertiary/aromatic N) is 1. The first kappa shape index (κ1) is 19.0. The zero-order valence-corrected chi connectivity index (χ0v) is 15.1. The van der Waals surface area contributed by atoms with E-state index in [2.05, 4.69) is 15.8 Å². The molecule has 7 nitrogen and oxygen atoms in total. The Morgan fingerprint density at radius 1 is 0.962 bits per heavy atom. The van der Waals surface area contributed by atoms with Crippen molar-refractivity contribution in [3.8, 4) is 11.5 Å². The molecule has 0 bridgehead atoms. The molecule has 26 heavy (non-hydrogen) atoms. The second-order valence-electron chi connectivity index (χ2n) is 5.46.